The Labute approximate surface area is 144 Å². The molecule has 2 rings (SSSR count). The lowest BCUT2D eigenvalue weighted by atomic mass is 10.1. The fourth-order valence-corrected chi connectivity index (χ4v) is 3.43. The Morgan fingerprint density at radius 2 is 1.67 bits per heavy atom. The summed E-state index contributed by atoms with van der Waals surface area (Å²) in [5.74, 6) is -0.104. The zero-order chi connectivity index (χ0) is 17.9. The monoisotopic (exact) mass is 345 g/mol. The van der Waals surface area contributed by atoms with Crippen molar-refractivity contribution >= 4 is 21.4 Å². The zero-order valence-corrected chi connectivity index (χ0v) is 15.4. The van der Waals surface area contributed by atoms with Crippen molar-refractivity contribution in [2.75, 3.05) is 17.7 Å². The Bertz CT molecular complexity index is 839. The van der Waals surface area contributed by atoms with E-state index in [2.05, 4.69) is 0 Å². The first-order chi connectivity index (χ1) is 11.2. The van der Waals surface area contributed by atoms with Crippen LogP contribution >= 0.6 is 0 Å². The van der Waals surface area contributed by atoms with Gasteiger partial charge in [0.25, 0.3) is 5.91 Å². The Morgan fingerprint density at radius 3 is 2.21 bits per heavy atom. The summed E-state index contributed by atoms with van der Waals surface area (Å²) in [6.45, 7) is 6.49. The van der Waals surface area contributed by atoms with Crippen LogP contribution in [-0.2, 0) is 15.6 Å². The minimum Gasteiger partial charge on any atom is -0.308 e. The predicted octanol–water partition coefficient (Wildman–Crippen LogP) is 3.51. The Balaban J connectivity index is 2.30. The van der Waals surface area contributed by atoms with E-state index < -0.39 is 9.84 Å². The van der Waals surface area contributed by atoms with E-state index in [1.165, 1.54) is 6.26 Å². The van der Waals surface area contributed by atoms with Crippen LogP contribution in [0.2, 0.25) is 0 Å². The normalized spacial score (nSPS) is 11.3. The molecule has 0 aliphatic heterocycles. The summed E-state index contributed by atoms with van der Waals surface area (Å²) in [7, 11) is -3.08. The van der Waals surface area contributed by atoms with Crippen LogP contribution in [0, 0.1) is 13.8 Å². The van der Waals surface area contributed by atoms with Crippen molar-refractivity contribution in [2.45, 2.75) is 26.5 Å². The highest BCUT2D eigenvalue weighted by Crippen LogP contribution is 2.23. The van der Waals surface area contributed by atoms with Gasteiger partial charge in [-0.05, 0) is 55.7 Å². The van der Waals surface area contributed by atoms with E-state index in [9.17, 15) is 13.2 Å². The van der Waals surface area contributed by atoms with Gasteiger partial charge in [0.2, 0.25) is 0 Å². The molecule has 0 unspecified atom stereocenters. The highest BCUT2D eigenvalue weighted by atomic mass is 32.2. The number of nitrogens with zero attached hydrogens (tertiary/aromatic N) is 1. The van der Waals surface area contributed by atoms with E-state index in [4.69, 9.17) is 0 Å². The Morgan fingerprint density at radius 1 is 1.04 bits per heavy atom. The lowest BCUT2D eigenvalue weighted by Crippen LogP contribution is -2.31. The van der Waals surface area contributed by atoms with Crippen LogP contribution in [0.5, 0.6) is 0 Å². The van der Waals surface area contributed by atoms with E-state index in [0.717, 1.165) is 16.8 Å². The summed E-state index contributed by atoms with van der Waals surface area (Å²) < 4.78 is 22.7. The molecule has 5 heteroatoms. The summed E-state index contributed by atoms with van der Waals surface area (Å²) in [4.78, 5) is 14.6. The van der Waals surface area contributed by atoms with Gasteiger partial charge >= 0.3 is 0 Å². The van der Waals surface area contributed by atoms with Gasteiger partial charge in [0, 0.05) is 24.1 Å². The first-order valence-electron chi connectivity index (χ1n) is 7.87. The number of benzene rings is 2. The maximum Gasteiger partial charge on any atom is 0.258 e. The number of carbonyl (C=O) groups excluding carboxylic acids is 1. The molecule has 0 aliphatic rings. The third-order valence-electron chi connectivity index (χ3n) is 3.85. The van der Waals surface area contributed by atoms with Crippen molar-refractivity contribution in [2.24, 2.45) is 0 Å². The van der Waals surface area contributed by atoms with E-state index in [0.29, 0.717) is 17.7 Å². The lowest BCUT2D eigenvalue weighted by molar-refractivity contribution is 0.0988. The maximum absolute atomic E-state index is 12.8. The molecule has 0 N–H and O–H groups in total. The van der Waals surface area contributed by atoms with Crippen LogP contribution in [0.15, 0.2) is 42.5 Å². The van der Waals surface area contributed by atoms with Crippen LogP contribution in [0.1, 0.15) is 34.0 Å². The zero-order valence-electron chi connectivity index (χ0n) is 14.5. The number of aryl methyl sites for hydroxylation is 2. The van der Waals surface area contributed by atoms with Gasteiger partial charge in [-0.1, -0.05) is 24.3 Å². The number of hydrogen-bond donors (Lipinski definition) is 0. The van der Waals surface area contributed by atoms with Gasteiger partial charge in [-0.15, -0.1) is 0 Å². The summed E-state index contributed by atoms with van der Waals surface area (Å²) >= 11 is 0. The summed E-state index contributed by atoms with van der Waals surface area (Å²) in [6.07, 6.45) is 1.20. The van der Waals surface area contributed by atoms with Gasteiger partial charge in [-0.3, -0.25) is 4.79 Å². The van der Waals surface area contributed by atoms with Crippen molar-refractivity contribution < 1.29 is 13.2 Å². The molecule has 0 heterocycles. The second-order valence-electron chi connectivity index (χ2n) is 6.11. The first kappa shape index (κ1) is 18.2. The fourth-order valence-electron chi connectivity index (χ4n) is 2.64. The molecule has 0 radical (unpaired) electrons. The third kappa shape index (κ3) is 4.45. The molecule has 4 nitrogen and oxygen atoms in total. The molecule has 0 saturated carbocycles. The molecular formula is C19H23NO3S. The molecule has 24 heavy (non-hydrogen) atoms. The summed E-state index contributed by atoms with van der Waals surface area (Å²) in [5, 5.41) is 0. The molecule has 128 valence electrons. The largest absolute Gasteiger partial charge is 0.308 e. The maximum atomic E-state index is 12.8. The highest BCUT2D eigenvalue weighted by molar-refractivity contribution is 7.89. The molecule has 0 aliphatic carbocycles. The average Bonchev–Trinajstić information content (AvgIpc) is 2.50. The highest BCUT2D eigenvalue weighted by Gasteiger charge is 2.18. The molecule has 2 aromatic rings. The molecule has 0 atom stereocenters. The molecule has 0 aromatic heterocycles. The van der Waals surface area contributed by atoms with Gasteiger partial charge in [0.15, 0.2) is 9.84 Å². The number of hydrogen-bond acceptors (Lipinski definition) is 3. The third-order valence-corrected chi connectivity index (χ3v) is 4.70. The van der Waals surface area contributed by atoms with Crippen LogP contribution in [0.25, 0.3) is 0 Å². The second kappa shape index (κ2) is 7.18. The van der Waals surface area contributed by atoms with Gasteiger partial charge in [-0.25, -0.2) is 8.42 Å². The van der Waals surface area contributed by atoms with Crippen molar-refractivity contribution in [3.8, 4) is 0 Å². The molecule has 0 fully saturated rings. The van der Waals surface area contributed by atoms with Gasteiger partial charge in [0.05, 0.1) is 5.75 Å². The average molecular weight is 345 g/mol. The summed E-state index contributed by atoms with van der Waals surface area (Å²) in [6, 6.07) is 12.8. The topological polar surface area (TPSA) is 54.5 Å². The van der Waals surface area contributed by atoms with Crippen LogP contribution < -0.4 is 4.90 Å². The Kier molecular flexibility index (Phi) is 5.44. The van der Waals surface area contributed by atoms with E-state index in [1.807, 2.05) is 39.0 Å². The standard InChI is InChI=1S/C19H23NO3S/c1-5-20(18-12-14(2)6-7-15(18)3)19(21)17-10-8-16(9-11-17)13-24(4,22)23/h6-12H,5,13H2,1-4H3. The van der Waals surface area contributed by atoms with Gasteiger partial charge in [-0.2, -0.15) is 0 Å². The van der Waals surface area contributed by atoms with Crippen LogP contribution in [0.3, 0.4) is 0 Å². The van der Waals surface area contributed by atoms with E-state index in [1.54, 1.807) is 29.2 Å². The molecule has 2 aromatic carbocycles. The number of carbonyl (C=O) groups is 1. The van der Waals surface area contributed by atoms with E-state index >= 15 is 0 Å². The van der Waals surface area contributed by atoms with Crippen LogP contribution in [-0.4, -0.2) is 27.1 Å². The van der Waals surface area contributed by atoms with Crippen molar-refractivity contribution in [3.05, 3.63) is 64.7 Å². The summed E-state index contributed by atoms with van der Waals surface area (Å²) in [5.41, 5.74) is 4.29. The van der Waals surface area contributed by atoms with Gasteiger partial charge in [0.1, 0.15) is 0 Å². The number of amides is 1. The Hall–Kier alpha value is -2.14. The molecule has 0 saturated heterocycles. The first-order valence-corrected chi connectivity index (χ1v) is 9.93. The fraction of sp³-hybridized carbons (Fsp3) is 0.316. The van der Waals surface area contributed by atoms with Crippen molar-refractivity contribution in [1.82, 2.24) is 0 Å². The molecule has 0 spiro atoms. The predicted molar refractivity (Wildman–Crippen MR) is 98.3 cm³/mol. The van der Waals surface area contributed by atoms with Crippen molar-refractivity contribution in [3.63, 3.8) is 0 Å². The SMILES string of the molecule is CCN(C(=O)c1ccc(CS(C)(=O)=O)cc1)c1cc(C)ccc1C. The van der Waals surface area contributed by atoms with E-state index in [-0.39, 0.29) is 11.7 Å². The van der Waals surface area contributed by atoms with Crippen LogP contribution in [0.4, 0.5) is 5.69 Å². The molecule has 1 amide bonds. The van der Waals surface area contributed by atoms with Crippen molar-refractivity contribution in [1.29, 1.82) is 0 Å². The minimum absolute atomic E-state index is 0.0179. The smallest absolute Gasteiger partial charge is 0.258 e. The number of sulfone groups is 1. The lowest BCUT2D eigenvalue weighted by Gasteiger charge is -2.23. The second-order valence-corrected chi connectivity index (χ2v) is 8.25. The molecular weight excluding hydrogens is 322 g/mol. The minimum atomic E-state index is -3.08. The number of rotatable bonds is 5. The quantitative estimate of drug-likeness (QED) is 0.833. The molecule has 0 bridgehead atoms. The van der Waals surface area contributed by atoms with Gasteiger partial charge < -0.3 is 4.90 Å². The number of anilines is 1.